The second-order valence-electron chi connectivity index (χ2n) is 14.0. The highest BCUT2D eigenvalue weighted by Crippen LogP contribution is 2.65. The first-order valence-electron chi connectivity index (χ1n) is 14.8. The average Bonchev–Trinajstić information content (AvgIpc) is 3.22. The first-order valence-corrected chi connectivity index (χ1v) is 14.8. The SMILES string of the molecule is CC(=O)O[C@@H](CC(=O)OC1=CC[C@@]2(O)[C@H]3Cc4ccc(OC(=O)OC(C)(C)C)c5c4[C@@]2(CCN3C)[C@H]1O5)C(=O)OC(C)(C)C. The molecule has 0 aromatic heterocycles. The smallest absolute Gasteiger partial charge is 0.477 e. The molecule has 4 aliphatic rings. The van der Waals surface area contributed by atoms with Gasteiger partial charge in [0.05, 0.1) is 17.4 Å². The van der Waals surface area contributed by atoms with Gasteiger partial charge in [-0.15, -0.1) is 0 Å². The van der Waals surface area contributed by atoms with Gasteiger partial charge in [0.15, 0.2) is 17.6 Å². The Bertz CT molecular complexity index is 1420. The first-order chi connectivity index (χ1) is 20.3. The maximum atomic E-state index is 13.3. The molecule has 44 heavy (non-hydrogen) atoms. The van der Waals surface area contributed by atoms with Crippen molar-refractivity contribution in [3.63, 3.8) is 0 Å². The van der Waals surface area contributed by atoms with Crippen LogP contribution >= 0.6 is 0 Å². The molecule has 5 atom stereocenters. The molecule has 1 aromatic carbocycles. The lowest BCUT2D eigenvalue weighted by molar-refractivity contribution is -0.179. The van der Waals surface area contributed by atoms with E-state index in [0.717, 1.165) is 18.1 Å². The zero-order chi connectivity index (χ0) is 32.4. The van der Waals surface area contributed by atoms with Crippen molar-refractivity contribution in [2.24, 2.45) is 0 Å². The van der Waals surface area contributed by atoms with Crippen LogP contribution in [0.3, 0.4) is 0 Å². The maximum absolute atomic E-state index is 13.3. The van der Waals surface area contributed by atoms with Crippen LogP contribution in [0.15, 0.2) is 24.0 Å². The third-order valence-corrected chi connectivity index (χ3v) is 8.48. The second kappa shape index (κ2) is 10.8. The number of hydrogen-bond donors (Lipinski definition) is 1. The topological polar surface area (TPSA) is 147 Å². The van der Waals surface area contributed by atoms with Gasteiger partial charge in [0.2, 0.25) is 6.10 Å². The van der Waals surface area contributed by atoms with Crippen LogP contribution < -0.4 is 9.47 Å². The van der Waals surface area contributed by atoms with Crippen molar-refractivity contribution in [2.75, 3.05) is 13.6 Å². The van der Waals surface area contributed by atoms with E-state index in [9.17, 15) is 24.3 Å². The molecule has 12 heteroatoms. The number of carbonyl (C=O) groups is 4. The Labute approximate surface area is 256 Å². The molecule has 0 radical (unpaired) electrons. The van der Waals surface area contributed by atoms with E-state index in [-0.39, 0.29) is 29.7 Å². The van der Waals surface area contributed by atoms with E-state index in [0.29, 0.717) is 19.4 Å². The molecule has 0 unspecified atom stereocenters. The maximum Gasteiger partial charge on any atom is 0.514 e. The van der Waals surface area contributed by atoms with E-state index in [2.05, 4.69) is 4.90 Å². The lowest BCUT2D eigenvalue weighted by atomic mass is 9.50. The fourth-order valence-electron chi connectivity index (χ4n) is 6.93. The first kappa shape index (κ1) is 31.8. The highest BCUT2D eigenvalue weighted by molar-refractivity contribution is 5.85. The molecule has 2 aliphatic heterocycles. The number of esters is 3. The Morgan fingerprint density at radius 1 is 1.07 bits per heavy atom. The van der Waals surface area contributed by atoms with Crippen LogP contribution in [0.5, 0.6) is 11.5 Å². The van der Waals surface area contributed by atoms with Crippen LogP contribution in [0, 0.1) is 0 Å². The number of hydrogen-bond acceptors (Lipinski definition) is 12. The summed E-state index contributed by atoms with van der Waals surface area (Å²) < 4.78 is 33.7. The Balaban J connectivity index is 1.48. The summed E-state index contributed by atoms with van der Waals surface area (Å²) >= 11 is 0. The van der Waals surface area contributed by atoms with E-state index in [1.165, 1.54) is 0 Å². The number of piperidine rings is 1. The Morgan fingerprint density at radius 2 is 1.75 bits per heavy atom. The normalized spacial score (nSPS) is 27.6. The summed E-state index contributed by atoms with van der Waals surface area (Å²) in [5.74, 6) is -1.91. The van der Waals surface area contributed by atoms with Crippen LogP contribution in [0.2, 0.25) is 0 Å². The Hall–Kier alpha value is -3.64. The molecule has 1 fully saturated rings. The number of likely N-dealkylation sites (N-methyl/N-ethyl adjacent to an activating group) is 1. The van der Waals surface area contributed by atoms with Gasteiger partial charge in [-0.1, -0.05) is 6.07 Å². The monoisotopic (exact) mass is 615 g/mol. The fourth-order valence-corrected chi connectivity index (χ4v) is 6.93. The van der Waals surface area contributed by atoms with Gasteiger partial charge in [0, 0.05) is 24.9 Å². The number of benzene rings is 1. The molecule has 2 bridgehead atoms. The minimum absolute atomic E-state index is 0.132. The molecular formula is C32H41NO11. The molecule has 1 spiro atoms. The van der Waals surface area contributed by atoms with E-state index < -0.39 is 64.9 Å². The van der Waals surface area contributed by atoms with Crippen molar-refractivity contribution in [3.8, 4) is 11.5 Å². The molecular weight excluding hydrogens is 574 g/mol. The van der Waals surface area contributed by atoms with Gasteiger partial charge in [-0.05, 0) is 85.7 Å². The van der Waals surface area contributed by atoms with Crippen molar-refractivity contribution in [1.29, 1.82) is 0 Å². The molecule has 240 valence electrons. The lowest BCUT2D eigenvalue weighted by Gasteiger charge is -2.61. The van der Waals surface area contributed by atoms with Crippen LogP contribution in [-0.2, 0) is 45.2 Å². The van der Waals surface area contributed by atoms with E-state index in [1.54, 1.807) is 53.7 Å². The highest BCUT2D eigenvalue weighted by Gasteiger charge is 2.72. The standard InChI is InChI=1S/C32H41NO11/c1-17(34)39-21(27(36)43-29(2,3)4)16-23(35)40-20-11-12-32(38)22-15-18-9-10-19(41-28(37)44-30(5,6)7)25-24(18)31(32,26(20)42-25)13-14-33(22)8/h9-11,21-22,26,38H,12-16H2,1-8H3/t21-,22+,26-,31-,32+/m0/s1. The van der Waals surface area contributed by atoms with Gasteiger partial charge in [-0.3, -0.25) is 9.59 Å². The molecule has 1 aromatic rings. The van der Waals surface area contributed by atoms with Gasteiger partial charge in [-0.25, -0.2) is 9.59 Å². The number of carbonyl (C=O) groups excluding carboxylic acids is 4. The van der Waals surface area contributed by atoms with Crippen LogP contribution in [0.1, 0.15) is 78.9 Å². The molecule has 12 nitrogen and oxygen atoms in total. The van der Waals surface area contributed by atoms with E-state index >= 15 is 0 Å². The quantitative estimate of drug-likeness (QED) is 0.284. The van der Waals surface area contributed by atoms with Gasteiger partial charge in [0.1, 0.15) is 17.0 Å². The molecule has 5 rings (SSSR count). The summed E-state index contributed by atoms with van der Waals surface area (Å²) in [6, 6.07) is 3.27. The summed E-state index contributed by atoms with van der Waals surface area (Å²) in [6.07, 6.45) is -1.13. The van der Waals surface area contributed by atoms with Gasteiger partial charge in [-0.2, -0.15) is 0 Å². The van der Waals surface area contributed by atoms with Gasteiger partial charge in [0.25, 0.3) is 0 Å². The Kier molecular flexibility index (Phi) is 7.77. The second-order valence-corrected chi connectivity index (χ2v) is 14.0. The van der Waals surface area contributed by atoms with Crippen LogP contribution in [0.4, 0.5) is 4.79 Å². The van der Waals surface area contributed by atoms with E-state index in [1.807, 2.05) is 13.1 Å². The molecule has 1 saturated heterocycles. The predicted molar refractivity (Wildman–Crippen MR) is 154 cm³/mol. The highest BCUT2D eigenvalue weighted by atomic mass is 16.7. The minimum Gasteiger partial charge on any atom is -0.477 e. The largest absolute Gasteiger partial charge is 0.514 e. The van der Waals surface area contributed by atoms with Crippen molar-refractivity contribution >= 4 is 24.1 Å². The predicted octanol–water partition coefficient (Wildman–Crippen LogP) is 3.48. The summed E-state index contributed by atoms with van der Waals surface area (Å²) in [4.78, 5) is 52.5. The minimum atomic E-state index is -1.51. The van der Waals surface area contributed by atoms with Gasteiger partial charge >= 0.3 is 24.1 Å². The molecule has 2 aliphatic carbocycles. The average molecular weight is 616 g/mol. The summed E-state index contributed by atoms with van der Waals surface area (Å²) in [6.45, 7) is 11.9. The molecule has 0 saturated carbocycles. The molecule has 2 heterocycles. The molecule has 1 N–H and O–H groups in total. The zero-order valence-electron chi connectivity index (χ0n) is 26.5. The van der Waals surface area contributed by atoms with Crippen molar-refractivity contribution in [1.82, 2.24) is 4.90 Å². The summed E-state index contributed by atoms with van der Waals surface area (Å²) in [7, 11) is 1.97. The molecule has 0 amide bonds. The van der Waals surface area contributed by atoms with Crippen LogP contribution in [0.25, 0.3) is 0 Å². The number of likely N-dealkylation sites (tertiary alicyclic amines) is 1. The fraction of sp³-hybridized carbons (Fsp3) is 0.625. The number of rotatable bonds is 6. The third kappa shape index (κ3) is 5.53. The zero-order valence-corrected chi connectivity index (χ0v) is 26.5. The number of nitrogens with zero attached hydrogens (tertiary/aromatic N) is 1. The van der Waals surface area contributed by atoms with Crippen molar-refractivity contribution in [2.45, 2.75) is 115 Å². The van der Waals surface area contributed by atoms with Crippen molar-refractivity contribution < 1.29 is 52.7 Å². The lowest BCUT2D eigenvalue weighted by Crippen LogP contribution is -2.74. The summed E-state index contributed by atoms with van der Waals surface area (Å²) in [5.41, 5.74) is -2.28. The Morgan fingerprint density at radius 3 is 2.39 bits per heavy atom. The summed E-state index contributed by atoms with van der Waals surface area (Å²) in [5, 5.41) is 12.4. The third-order valence-electron chi connectivity index (χ3n) is 8.48. The van der Waals surface area contributed by atoms with Crippen LogP contribution in [-0.4, -0.2) is 82.7 Å². The van der Waals surface area contributed by atoms with Gasteiger partial charge < -0.3 is 38.4 Å². The number of ether oxygens (including phenoxy) is 6. The number of aliphatic hydroxyl groups is 1. The van der Waals surface area contributed by atoms with E-state index in [4.69, 9.17) is 28.4 Å². The van der Waals surface area contributed by atoms with Crippen molar-refractivity contribution in [3.05, 3.63) is 35.1 Å².